The molecule has 0 heterocycles. The topological polar surface area (TPSA) is 3.24 Å². The second-order valence-electron chi connectivity index (χ2n) is 11.8. The minimum atomic E-state index is 1.12. The van der Waals surface area contributed by atoms with E-state index in [-0.39, 0.29) is 0 Å². The molecule has 39 heavy (non-hydrogen) atoms. The van der Waals surface area contributed by atoms with E-state index in [0.29, 0.717) is 0 Å². The molecule has 0 N–H and O–H groups in total. The van der Waals surface area contributed by atoms with Gasteiger partial charge in [-0.25, -0.2) is 0 Å². The second-order valence-corrected chi connectivity index (χ2v) is 11.8. The molecule has 238 valence electrons. The maximum atomic E-state index is 3.87. The fourth-order valence-corrected chi connectivity index (χ4v) is 5.06. The Morgan fingerprint density at radius 1 is 0.282 bits per heavy atom. The molecule has 1 heteroatoms. The molecule has 0 aromatic rings. The van der Waals surface area contributed by atoms with Gasteiger partial charge in [-0.1, -0.05) is 228 Å². The summed E-state index contributed by atoms with van der Waals surface area (Å²) in [4.78, 5) is 2.38. The third kappa shape index (κ3) is 48.1. The van der Waals surface area contributed by atoms with Gasteiger partial charge in [-0.05, 0) is 19.6 Å². The molecule has 0 unspecified atom stereocenters. The molecular formula is C38H81N. The van der Waals surface area contributed by atoms with E-state index in [0.717, 1.165) is 12.8 Å². The Bertz CT molecular complexity index is 287. The molecule has 0 saturated heterocycles. The summed E-state index contributed by atoms with van der Waals surface area (Å²) in [6, 6.07) is 0. The Balaban J connectivity index is -0.000000537. The Kier molecular flexibility index (Phi) is 50.1. The van der Waals surface area contributed by atoms with Gasteiger partial charge in [-0.2, -0.15) is 0 Å². The average molecular weight is 552 g/mol. The van der Waals surface area contributed by atoms with Gasteiger partial charge in [0, 0.05) is 0 Å². The highest BCUT2D eigenvalue weighted by molar-refractivity contribution is 4.51. The third-order valence-electron chi connectivity index (χ3n) is 8.05. The lowest BCUT2D eigenvalue weighted by molar-refractivity contribution is 0.321. The molecule has 0 aliphatic carbocycles. The molecule has 0 fully saturated rings. The number of rotatable bonds is 29. The van der Waals surface area contributed by atoms with Crippen LogP contribution in [-0.4, -0.2) is 24.5 Å². The summed E-state index contributed by atoms with van der Waals surface area (Å²) in [6.45, 7) is 22.4. The fraction of sp³-hybridized carbons (Fsp3) is 0.947. The lowest BCUT2D eigenvalue weighted by atomic mass is 10.0. The summed E-state index contributed by atoms with van der Waals surface area (Å²) in [6.07, 6.45) is 39.7. The van der Waals surface area contributed by atoms with Gasteiger partial charge in [0.2, 0.25) is 0 Å². The average Bonchev–Trinajstić information content (AvgIpc) is 2.96. The van der Waals surface area contributed by atoms with Crippen molar-refractivity contribution < 1.29 is 0 Å². The van der Waals surface area contributed by atoms with Gasteiger partial charge in [-0.3, -0.25) is 0 Å². The van der Waals surface area contributed by atoms with Crippen molar-refractivity contribution in [3.63, 3.8) is 0 Å². The van der Waals surface area contributed by atoms with Crippen LogP contribution in [0.25, 0.3) is 0 Å². The Morgan fingerprint density at radius 2 is 0.462 bits per heavy atom. The molecule has 0 saturated carbocycles. The van der Waals surface area contributed by atoms with Crippen LogP contribution in [0, 0.1) is 13.8 Å². The summed E-state index contributed by atoms with van der Waals surface area (Å²) in [5, 5.41) is 0. The standard InChI is InChI=1S/2C16H33.C6H15N/c2*1-3-5-7-9-11-13-15-16-14-12-10-8-6-4-2;1-4-7(5-2)6-3/h2*1,3-16H2,2H3;4-6H2,1-3H3. The largest absolute Gasteiger partial charge is 0.304 e. The van der Waals surface area contributed by atoms with E-state index in [1.54, 1.807) is 0 Å². The second kappa shape index (κ2) is 45.0. The summed E-state index contributed by atoms with van der Waals surface area (Å²) in [5.74, 6) is 0. The minimum absolute atomic E-state index is 1.12. The predicted octanol–water partition coefficient (Wildman–Crippen LogP) is 14.0. The van der Waals surface area contributed by atoms with Crippen LogP contribution in [-0.2, 0) is 0 Å². The molecule has 1 nitrogen and oxygen atoms in total. The van der Waals surface area contributed by atoms with E-state index in [2.05, 4.69) is 53.4 Å². The molecule has 0 spiro atoms. The van der Waals surface area contributed by atoms with E-state index in [1.165, 1.54) is 187 Å². The van der Waals surface area contributed by atoms with Gasteiger partial charge in [0.05, 0.1) is 0 Å². The van der Waals surface area contributed by atoms with Crippen molar-refractivity contribution in [3.8, 4) is 0 Å². The summed E-state index contributed by atoms with van der Waals surface area (Å²) < 4.78 is 0. The van der Waals surface area contributed by atoms with Crippen molar-refractivity contribution in [2.45, 2.75) is 214 Å². The highest BCUT2D eigenvalue weighted by Crippen LogP contribution is 2.14. The van der Waals surface area contributed by atoms with E-state index in [4.69, 9.17) is 0 Å². The van der Waals surface area contributed by atoms with Gasteiger partial charge in [0.1, 0.15) is 0 Å². The van der Waals surface area contributed by atoms with Crippen molar-refractivity contribution in [1.82, 2.24) is 4.90 Å². The molecule has 0 rings (SSSR count). The fourth-order valence-electron chi connectivity index (χ4n) is 5.06. The molecule has 2 radical (unpaired) electrons. The van der Waals surface area contributed by atoms with E-state index in [9.17, 15) is 0 Å². The predicted molar refractivity (Wildman–Crippen MR) is 185 cm³/mol. The van der Waals surface area contributed by atoms with Crippen molar-refractivity contribution in [1.29, 1.82) is 0 Å². The van der Waals surface area contributed by atoms with Crippen LogP contribution in [0.4, 0.5) is 0 Å². The number of hydrogen-bond donors (Lipinski definition) is 0. The zero-order valence-electron chi connectivity index (χ0n) is 28.8. The quantitative estimate of drug-likeness (QED) is 0.0835. The van der Waals surface area contributed by atoms with Crippen LogP contribution < -0.4 is 0 Å². The first-order valence-electron chi connectivity index (χ1n) is 18.5. The zero-order valence-corrected chi connectivity index (χ0v) is 28.8. The summed E-state index contributed by atoms with van der Waals surface area (Å²) in [7, 11) is 0. The maximum absolute atomic E-state index is 3.87. The van der Waals surface area contributed by atoms with Gasteiger partial charge in [0.25, 0.3) is 0 Å². The zero-order chi connectivity index (χ0) is 29.5. The number of unbranched alkanes of at least 4 members (excludes halogenated alkanes) is 26. The van der Waals surface area contributed by atoms with Crippen LogP contribution in [0.15, 0.2) is 0 Å². The minimum Gasteiger partial charge on any atom is -0.304 e. The smallest absolute Gasteiger partial charge is 0.00474 e. The monoisotopic (exact) mass is 552 g/mol. The van der Waals surface area contributed by atoms with E-state index >= 15 is 0 Å². The van der Waals surface area contributed by atoms with Gasteiger partial charge in [0.15, 0.2) is 0 Å². The Labute approximate surface area is 252 Å². The maximum Gasteiger partial charge on any atom is -0.00474 e. The van der Waals surface area contributed by atoms with Crippen LogP contribution in [0.1, 0.15) is 214 Å². The Morgan fingerprint density at radius 3 is 0.590 bits per heavy atom. The first kappa shape index (κ1) is 43.4. The first-order chi connectivity index (χ1) is 19.2. The summed E-state index contributed by atoms with van der Waals surface area (Å²) in [5.41, 5.74) is 0. The van der Waals surface area contributed by atoms with Gasteiger partial charge in [-0.15, -0.1) is 0 Å². The van der Waals surface area contributed by atoms with Gasteiger partial charge >= 0.3 is 0 Å². The number of nitrogens with zero attached hydrogens (tertiary/aromatic N) is 1. The van der Waals surface area contributed by atoms with Crippen molar-refractivity contribution in [2.24, 2.45) is 0 Å². The number of hydrogen-bond acceptors (Lipinski definition) is 1. The molecule has 0 aromatic heterocycles. The highest BCUT2D eigenvalue weighted by Gasteiger charge is 1.94. The van der Waals surface area contributed by atoms with Crippen LogP contribution >= 0.6 is 0 Å². The van der Waals surface area contributed by atoms with Crippen molar-refractivity contribution in [2.75, 3.05) is 19.6 Å². The highest BCUT2D eigenvalue weighted by atomic mass is 15.1. The molecule has 0 aliphatic rings. The lowest BCUT2D eigenvalue weighted by Crippen LogP contribution is -2.21. The molecule has 0 aliphatic heterocycles. The van der Waals surface area contributed by atoms with E-state index < -0.39 is 0 Å². The van der Waals surface area contributed by atoms with Crippen molar-refractivity contribution >= 4 is 0 Å². The first-order valence-corrected chi connectivity index (χ1v) is 18.5. The SMILES string of the molecule is CCN(CC)CC.[CH2]CCCCCCCCCCCCCCC.[CH2]CCCCCCCCCCCCCCC. The normalized spacial score (nSPS) is 10.8. The lowest BCUT2D eigenvalue weighted by Gasteiger charge is -2.13. The van der Waals surface area contributed by atoms with Gasteiger partial charge < -0.3 is 4.90 Å². The van der Waals surface area contributed by atoms with Crippen molar-refractivity contribution in [3.05, 3.63) is 13.8 Å². The van der Waals surface area contributed by atoms with E-state index in [1.807, 2.05) is 0 Å². The molecule has 0 amide bonds. The van der Waals surface area contributed by atoms with Crippen LogP contribution in [0.3, 0.4) is 0 Å². The summed E-state index contributed by atoms with van der Waals surface area (Å²) >= 11 is 0. The molecule has 0 bridgehead atoms. The molecule has 0 aromatic carbocycles. The third-order valence-corrected chi connectivity index (χ3v) is 8.05. The van der Waals surface area contributed by atoms with Crippen LogP contribution in [0.5, 0.6) is 0 Å². The molecular weight excluding hydrogens is 470 g/mol. The molecule has 0 atom stereocenters. The Hall–Kier alpha value is -0.0400. The van der Waals surface area contributed by atoms with Crippen LogP contribution in [0.2, 0.25) is 0 Å².